The van der Waals surface area contributed by atoms with E-state index in [-0.39, 0.29) is 6.04 Å². The molecule has 0 unspecified atom stereocenters. The van der Waals surface area contributed by atoms with Crippen LogP contribution in [0.25, 0.3) is 0 Å². The first-order valence-electron chi connectivity index (χ1n) is 10.00. The van der Waals surface area contributed by atoms with Gasteiger partial charge in [0, 0.05) is 26.2 Å². The monoisotopic (exact) mass is 432 g/mol. The Kier molecular flexibility index (Phi) is 8.68. The maximum Gasteiger partial charge on any atom is 0.243 e. The Hall–Kier alpha value is -2.58. The van der Waals surface area contributed by atoms with E-state index in [1.807, 2.05) is 57.2 Å². The minimum absolute atomic E-state index is 0.0964. The number of hydrogen-bond acceptors (Lipinski definition) is 4. The van der Waals surface area contributed by atoms with E-state index in [0.717, 1.165) is 23.4 Å². The van der Waals surface area contributed by atoms with Gasteiger partial charge in [0.05, 0.1) is 18.6 Å². The molecule has 2 N–H and O–H groups in total. The maximum atomic E-state index is 12.6. The molecule has 30 heavy (non-hydrogen) atoms. The first-order valence-corrected chi connectivity index (χ1v) is 11.4. The highest BCUT2D eigenvalue weighted by Crippen LogP contribution is 2.17. The molecule has 0 aromatic heterocycles. The Morgan fingerprint density at radius 2 is 1.63 bits per heavy atom. The molecule has 0 amide bonds. The van der Waals surface area contributed by atoms with Crippen LogP contribution < -0.4 is 15.4 Å². The zero-order valence-corrected chi connectivity index (χ0v) is 19.2. The highest BCUT2D eigenvalue weighted by Gasteiger charge is 2.22. The van der Waals surface area contributed by atoms with Crippen LogP contribution in [0, 0.1) is 0 Å². The highest BCUT2D eigenvalue weighted by atomic mass is 32.2. The topological polar surface area (TPSA) is 83.0 Å². The Morgan fingerprint density at radius 1 is 1.03 bits per heavy atom. The van der Waals surface area contributed by atoms with Gasteiger partial charge < -0.3 is 15.4 Å². The largest absolute Gasteiger partial charge is 0.497 e. The van der Waals surface area contributed by atoms with Gasteiger partial charge in [0.1, 0.15) is 5.75 Å². The normalized spacial score (nSPS) is 12.3. The number of nitrogens with one attached hydrogen (secondary N) is 2. The van der Waals surface area contributed by atoms with Crippen LogP contribution in [-0.4, -0.2) is 45.4 Å². The fourth-order valence-corrected chi connectivity index (χ4v) is 4.02. The van der Waals surface area contributed by atoms with E-state index >= 15 is 0 Å². The molecule has 2 rings (SSSR count). The number of benzene rings is 2. The predicted octanol–water partition coefficient (Wildman–Crippen LogP) is 2.98. The molecule has 0 spiro atoms. The molecule has 0 saturated heterocycles. The molecule has 8 heteroatoms. The summed E-state index contributed by atoms with van der Waals surface area (Å²) in [5.74, 6) is 1.52. The standard InChI is InChI=1S/C22H32N4O3S/c1-6-23-22(24-15-18-7-11-20(29-5)12-8-18)25-16-19-9-13-21(14-10-19)30(27,28)26(4)17(2)3/h7-14,17H,6,15-16H2,1-5H3,(H2,23,24,25). The Bertz CT molecular complexity index is 924. The van der Waals surface area contributed by atoms with Gasteiger partial charge in [-0.3, -0.25) is 0 Å². The lowest BCUT2D eigenvalue weighted by Gasteiger charge is -2.21. The summed E-state index contributed by atoms with van der Waals surface area (Å²) in [6.07, 6.45) is 0. The molecular formula is C22H32N4O3S. The molecule has 0 bridgehead atoms. The molecule has 0 saturated carbocycles. The minimum Gasteiger partial charge on any atom is -0.497 e. The maximum absolute atomic E-state index is 12.6. The van der Waals surface area contributed by atoms with Gasteiger partial charge in [-0.2, -0.15) is 4.31 Å². The van der Waals surface area contributed by atoms with E-state index in [9.17, 15) is 8.42 Å². The van der Waals surface area contributed by atoms with Crippen LogP contribution in [0.4, 0.5) is 0 Å². The summed E-state index contributed by atoms with van der Waals surface area (Å²) >= 11 is 0. The van der Waals surface area contributed by atoms with E-state index in [1.165, 1.54) is 4.31 Å². The average molecular weight is 433 g/mol. The molecular weight excluding hydrogens is 400 g/mol. The van der Waals surface area contributed by atoms with Crippen LogP contribution in [0.2, 0.25) is 0 Å². The van der Waals surface area contributed by atoms with Crippen LogP contribution in [0.1, 0.15) is 31.9 Å². The van der Waals surface area contributed by atoms with Crippen molar-refractivity contribution in [1.29, 1.82) is 0 Å². The van der Waals surface area contributed by atoms with Crippen molar-refractivity contribution in [2.24, 2.45) is 4.99 Å². The van der Waals surface area contributed by atoms with E-state index in [1.54, 1.807) is 26.3 Å². The van der Waals surface area contributed by atoms with Crippen LogP contribution in [-0.2, 0) is 23.1 Å². The minimum atomic E-state index is -3.47. The lowest BCUT2D eigenvalue weighted by molar-refractivity contribution is 0.410. The summed E-state index contributed by atoms with van der Waals surface area (Å²) in [5, 5.41) is 6.50. The van der Waals surface area contributed by atoms with Gasteiger partial charge in [0.2, 0.25) is 10.0 Å². The van der Waals surface area contributed by atoms with Crippen molar-refractivity contribution < 1.29 is 13.2 Å². The van der Waals surface area contributed by atoms with Gasteiger partial charge in [0.25, 0.3) is 0 Å². The highest BCUT2D eigenvalue weighted by molar-refractivity contribution is 7.89. The molecule has 0 atom stereocenters. The van der Waals surface area contributed by atoms with Crippen molar-refractivity contribution >= 4 is 16.0 Å². The van der Waals surface area contributed by atoms with Gasteiger partial charge >= 0.3 is 0 Å². The lowest BCUT2D eigenvalue weighted by atomic mass is 10.2. The summed E-state index contributed by atoms with van der Waals surface area (Å²) in [4.78, 5) is 4.90. The number of ether oxygens (including phenoxy) is 1. The second kappa shape index (κ2) is 11.0. The second-order valence-electron chi connectivity index (χ2n) is 7.16. The smallest absolute Gasteiger partial charge is 0.243 e. The molecule has 7 nitrogen and oxygen atoms in total. The third-order valence-electron chi connectivity index (χ3n) is 4.71. The second-order valence-corrected chi connectivity index (χ2v) is 9.15. The number of guanidine groups is 1. The number of nitrogens with zero attached hydrogens (tertiary/aromatic N) is 2. The van der Waals surface area contributed by atoms with Crippen molar-refractivity contribution in [3.8, 4) is 5.75 Å². The summed E-state index contributed by atoms with van der Waals surface area (Å²) in [6, 6.07) is 14.6. The van der Waals surface area contributed by atoms with Gasteiger partial charge in [-0.1, -0.05) is 24.3 Å². The molecule has 0 radical (unpaired) electrons. The average Bonchev–Trinajstić information content (AvgIpc) is 2.75. The number of hydrogen-bond donors (Lipinski definition) is 2. The molecule has 0 heterocycles. The van der Waals surface area contributed by atoms with Gasteiger partial charge in [-0.25, -0.2) is 13.4 Å². The number of methoxy groups -OCH3 is 1. The molecule has 2 aromatic rings. The zero-order valence-electron chi connectivity index (χ0n) is 18.3. The van der Waals surface area contributed by atoms with E-state index in [0.29, 0.717) is 23.9 Å². The Balaban J connectivity index is 2.01. The molecule has 0 fully saturated rings. The van der Waals surface area contributed by atoms with Crippen molar-refractivity contribution in [3.63, 3.8) is 0 Å². The van der Waals surface area contributed by atoms with Gasteiger partial charge in [-0.15, -0.1) is 0 Å². The zero-order chi connectivity index (χ0) is 22.1. The Labute approximate surface area is 180 Å². The third-order valence-corrected chi connectivity index (χ3v) is 6.76. The first kappa shape index (κ1) is 23.7. The fourth-order valence-electron chi connectivity index (χ4n) is 2.65. The van der Waals surface area contributed by atoms with Crippen molar-refractivity contribution in [3.05, 3.63) is 59.7 Å². The first-order chi connectivity index (χ1) is 14.3. The lowest BCUT2D eigenvalue weighted by Crippen LogP contribution is -2.36. The fraction of sp³-hybridized carbons (Fsp3) is 0.409. The van der Waals surface area contributed by atoms with Crippen molar-refractivity contribution in [1.82, 2.24) is 14.9 Å². The quantitative estimate of drug-likeness (QED) is 0.470. The number of sulfonamides is 1. The van der Waals surface area contributed by atoms with Crippen LogP contribution in [0.15, 0.2) is 58.4 Å². The summed E-state index contributed by atoms with van der Waals surface area (Å²) in [7, 11) is -0.233. The van der Waals surface area contributed by atoms with Gasteiger partial charge in [0.15, 0.2) is 5.96 Å². The molecule has 164 valence electrons. The van der Waals surface area contributed by atoms with Gasteiger partial charge in [-0.05, 0) is 56.2 Å². The molecule has 0 aliphatic rings. The van der Waals surface area contributed by atoms with Crippen LogP contribution in [0.3, 0.4) is 0 Å². The van der Waals surface area contributed by atoms with Crippen molar-refractivity contribution in [2.45, 2.75) is 44.8 Å². The predicted molar refractivity (Wildman–Crippen MR) is 121 cm³/mol. The Morgan fingerprint density at radius 3 is 2.17 bits per heavy atom. The van der Waals surface area contributed by atoms with E-state index in [2.05, 4.69) is 15.6 Å². The van der Waals surface area contributed by atoms with Crippen molar-refractivity contribution in [2.75, 3.05) is 20.7 Å². The molecule has 0 aliphatic carbocycles. The summed E-state index contributed by atoms with van der Waals surface area (Å²) in [6.45, 7) is 7.53. The number of rotatable bonds is 9. The van der Waals surface area contributed by atoms with Crippen LogP contribution in [0.5, 0.6) is 5.75 Å². The van der Waals surface area contributed by atoms with E-state index in [4.69, 9.17) is 4.74 Å². The third kappa shape index (κ3) is 6.47. The number of aliphatic imine (C=N–C) groups is 1. The van der Waals surface area contributed by atoms with Crippen LogP contribution >= 0.6 is 0 Å². The summed E-state index contributed by atoms with van der Waals surface area (Å²) < 4.78 is 31.7. The molecule has 0 aliphatic heterocycles. The summed E-state index contributed by atoms with van der Waals surface area (Å²) in [5.41, 5.74) is 2.05. The van der Waals surface area contributed by atoms with E-state index < -0.39 is 10.0 Å². The molecule has 2 aromatic carbocycles. The SMILES string of the molecule is CCNC(=NCc1ccc(OC)cc1)NCc1ccc(S(=O)(=O)N(C)C(C)C)cc1.